The van der Waals surface area contributed by atoms with Crippen LogP contribution in [0.25, 0.3) is 0 Å². The van der Waals surface area contributed by atoms with E-state index in [1.165, 1.54) is 12.8 Å². The standard InChI is InChI=1S/C12H26N2O/c1-3-14(4-2)10-9-13-11-7-5-6-8-12(11)15/h11-13,15H,3-10H2,1-2H3. The molecule has 0 aromatic heterocycles. The molecule has 90 valence electrons. The summed E-state index contributed by atoms with van der Waals surface area (Å²) in [5.41, 5.74) is 0. The van der Waals surface area contributed by atoms with Crippen molar-refractivity contribution in [2.75, 3.05) is 26.2 Å². The minimum Gasteiger partial charge on any atom is -0.392 e. The Hall–Kier alpha value is -0.120. The molecule has 0 amide bonds. The van der Waals surface area contributed by atoms with Gasteiger partial charge < -0.3 is 15.3 Å². The van der Waals surface area contributed by atoms with E-state index in [1.807, 2.05) is 0 Å². The Bertz CT molecular complexity index is 160. The van der Waals surface area contributed by atoms with Crippen LogP contribution in [0.15, 0.2) is 0 Å². The van der Waals surface area contributed by atoms with Crippen LogP contribution >= 0.6 is 0 Å². The number of likely N-dealkylation sites (N-methyl/N-ethyl adjacent to an activating group) is 1. The van der Waals surface area contributed by atoms with Gasteiger partial charge >= 0.3 is 0 Å². The SMILES string of the molecule is CCN(CC)CCNC1CCCCC1O. The summed E-state index contributed by atoms with van der Waals surface area (Å²) < 4.78 is 0. The highest BCUT2D eigenvalue weighted by atomic mass is 16.3. The van der Waals surface area contributed by atoms with Crippen LogP contribution in [-0.2, 0) is 0 Å². The van der Waals surface area contributed by atoms with Crippen molar-refractivity contribution in [2.24, 2.45) is 0 Å². The van der Waals surface area contributed by atoms with Gasteiger partial charge in [-0.05, 0) is 25.9 Å². The number of aliphatic hydroxyl groups is 1. The van der Waals surface area contributed by atoms with Gasteiger partial charge in [0.25, 0.3) is 0 Å². The van der Waals surface area contributed by atoms with Crippen LogP contribution in [0.4, 0.5) is 0 Å². The Morgan fingerprint density at radius 1 is 1.20 bits per heavy atom. The third-order valence-corrected chi connectivity index (χ3v) is 3.46. The monoisotopic (exact) mass is 214 g/mol. The number of hydrogen-bond acceptors (Lipinski definition) is 3. The summed E-state index contributed by atoms with van der Waals surface area (Å²) in [4.78, 5) is 2.40. The van der Waals surface area contributed by atoms with Gasteiger partial charge in [-0.3, -0.25) is 0 Å². The molecule has 0 bridgehead atoms. The molecule has 0 heterocycles. The van der Waals surface area contributed by atoms with Crippen molar-refractivity contribution in [2.45, 2.75) is 51.7 Å². The molecule has 0 aromatic rings. The van der Waals surface area contributed by atoms with Gasteiger partial charge in [-0.15, -0.1) is 0 Å². The van der Waals surface area contributed by atoms with Gasteiger partial charge in [0, 0.05) is 19.1 Å². The predicted octanol–water partition coefficient (Wildman–Crippen LogP) is 1.22. The van der Waals surface area contributed by atoms with E-state index in [9.17, 15) is 5.11 Å². The van der Waals surface area contributed by atoms with Crippen molar-refractivity contribution >= 4 is 0 Å². The molecule has 0 saturated heterocycles. The van der Waals surface area contributed by atoms with E-state index in [4.69, 9.17) is 0 Å². The summed E-state index contributed by atoms with van der Waals surface area (Å²) in [6.07, 6.45) is 4.45. The molecule has 1 saturated carbocycles. The molecular weight excluding hydrogens is 188 g/mol. The van der Waals surface area contributed by atoms with Crippen LogP contribution in [0.3, 0.4) is 0 Å². The van der Waals surface area contributed by atoms with Gasteiger partial charge in [0.05, 0.1) is 6.10 Å². The second-order valence-corrected chi connectivity index (χ2v) is 4.44. The van der Waals surface area contributed by atoms with E-state index >= 15 is 0 Å². The van der Waals surface area contributed by atoms with Crippen LogP contribution in [0.1, 0.15) is 39.5 Å². The van der Waals surface area contributed by atoms with E-state index in [-0.39, 0.29) is 6.10 Å². The fourth-order valence-electron chi connectivity index (χ4n) is 2.30. The third-order valence-electron chi connectivity index (χ3n) is 3.46. The summed E-state index contributed by atoms with van der Waals surface area (Å²) in [7, 11) is 0. The molecule has 3 heteroatoms. The highest BCUT2D eigenvalue weighted by Gasteiger charge is 2.21. The van der Waals surface area contributed by atoms with Gasteiger partial charge in [0.15, 0.2) is 0 Å². The van der Waals surface area contributed by atoms with E-state index in [1.54, 1.807) is 0 Å². The predicted molar refractivity (Wildman–Crippen MR) is 64.1 cm³/mol. The van der Waals surface area contributed by atoms with Crippen LogP contribution in [-0.4, -0.2) is 48.3 Å². The first kappa shape index (κ1) is 12.9. The lowest BCUT2D eigenvalue weighted by molar-refractivity contribution is 0.0895. The summed E-state index contributed by atoms with van der Waals surface area (Å²) in [5, 5.41) is 13.3. The van der Waals surface area contributed by atoms with Gasteiger partial charge in [0.2, 0.25) is 0 Å². The molecule has 1 aliphatic carbocycles. The molecule has 2 N–H and O–H groups in total. The number of aliphatic hydroxyl groups excluding tert-OH is 1. The van der Waals surface area contributed by atoms with E-state index < -0.39 is 0 Å². The zero-order chi connectivity index (χ0) is 11.1. The molecule has 1 fully saturated rings. The molecule has 0 radical (unpaired) electrons. The van der Waals surface area contributed by atoms with Crippen LogP contribution in [0.2, 0.25) is 0 Å². The lowest BCUT2D eigenvalue weighted by atomic mass is 9.93. The average molecular weight is 214 g/mol. The molecule has 0 spiro atoms. The lowest BCUT2D eigenvalue weighted by Gasteiger charge is -2.29. The molecule has 15 heavy (non-hydrogen) atoms. The van der Waals surface area contributed by atoms with Crippen molar-refractivity contribution in [1.29, 1.82) is 0 Å². The maximum Gasteiger partial charge on any atom is 0.0693 e. The molecule has 2 atom stereocenters. The summed E-state index contributed by atoms with van der Waals surface area (Å²) in [5.74, 6) is 0. The number of hydrogen-bond donors (Lipinski definition) is 2. The van der Waals surface area contributed by atoms with Crippen molar-refractivity contribution in [1.82, 2.24) is 10.2 Å². The second kappa shape index (κ2) is 7.20. The molecule has 3 nitrogen and oxygen atoms in total. The number of nitrogens with one attached hydrogen (secondary N) is 1. The first-order chi connectivity index (χ1) is 7.27. The molecule has 2 unspecified atom stereocenters. The van der Waals surface area contributed by atoms with Crippen LogP contribution in [0.5, 0.6) is 0 Å². The molecule has 1 aliphatic rings. The normalized spacial score (nSPS) is 27.2. The third kappa shape index (κ3) is 4.49. The zero-order valence-corrected chi connectivity index (χ0v) is 10.2. The number of nitrogens with zero attached hydrogens (tertiary/aromatic N) is 1. The average Bonchev–Trinajstić information content (AvgIpc) is 2.27. The first-order valence-corrected chi connectivity index (χ1v) is 6.41. The van der Waals surface area contributed by atoms with Gasteiger partial charge in [0.1, 0.15) is 0 Å². The summed E-state index contributed by atoms with van der Waals surface area (Å²) in [6.45, 7) is 8.72. The van der Waals surface area contributed by atoms with Crippen LogP contribution in [0, 0.1) is 0 Å². The maximum atomic E-state index is 9.77. The van der Waals surface area contributed by atoms with Crippen molar-refractivity contribution in [3.8, 4) is 0 Å². The lowest BCUT2D eigenvalue weighted by Crippen LogP contribution is -2.45. The molecule has 0 aliphatic heterocycles. The summed E-state index contributed by atoms with van der Waals surface area (Å²) >= 11 is 0. The largest absolute Gasteiger partial charge is 0.392 e. The topological polar surface area (TPSA) is 35.5 Å². The Labute approximate surface area is 93.9 Å². The van der Waals surface area contributed by atoms with Crippen molar-refractivity contribution in [3.05, 3.63) is 0 Å². The van der Waals surface area contributed by atoms with Crippen LogP contribution < -0.4 is 5.32 Å². The Morgan fingerprint density at radius 2 is 1.87 bits per heavy atom. The minimum atomic E-state index is -0.115. The molecule has 1 rings (SSSR count). The quantitative estimate of drug-likeness (QED) is 0.698. The number of rotatable bonds is 6. The van der Waals surface area contributed by atoms with Gasteiger partial charge in [-0.2, -0.15) is 0 Å². The Morgan fingerprint density at radius 3 is 2.47 bits per heavy atom. The molecule has 0 aromatic carbocycles. The fourth-order valence-corrected chi connectivity index (χ4v) is 2.30. The fraction of sp³-hybridized carbons (Fsp3) is 1.00. The highest BCUT2D eigenvalue weighted by molar-refractivity contribution is 4.80. The summed E-state index contributed by atoms with van der Waals surface area (Å²) in [6, 6.07) is 0.342. The van der Waals surface area contributed by atoms with Gasteiger partial charge in [-0.25, -0.2) is 0 Å². The smallest absolute Gasteiger partial charge is 0.0693 e. The van der Waals surface area contributed by atoms with Crippen molar-refractivity contribution in [3.63, 3.8) is 0 Å². The molecular formula is C12H26N2O. The highest BCUT2D eigenvalue weighted by Crippen LogP contribution is 2.17. The second-order valence-electron chi connectivity index (χ2n) is 4.44. The first-order valence-electron chi connectivity index (χ1n) is 6.41. The van der Waals surface area contributed by atoms with E-state index in [2.05, 4.69) is 24.1 Å². The maximum absolute atomic E-state index is 9.77. The zero-order valence-electron chi connectivity index (χ0n) is 10.2. The Balaban J connectivity index is 2.12. The van der Waals surface area contributed by atoms with E-state index in [0.717, 1.165) is 39.0 Å². The Kier molecular flexibility index (Phi) is 6.22. The van der Waals surface area contributed by atoms with E-state index in [0.29, 0.717) is 6.04 Å². The van der Waals surface area contributed by atoms with Gasteiger partial charge in [-0.1, -0.05) is 26.7 Å². The minimum absolute atomic E-state index is 0.115. The van der Waals surface area contributed by atoms with Crippen molar-refractivity contribution < 1.29 is 5.11 Å².